The second-order valence-corrected chi connectivity index (χ2v) is 13.6. The van der Waals surface area contributed by atoms with E-state index in [1.165, 1.54) is 8.81 Å². The number of rotatable bonds is 2. The van der Waals surface area contributed by atoms with Crippen LogP contribution in [0.4, 0.5) is 0 Å². The van der Waals surface area contributed by atoms with E-state index < -0.39 is 13.3 Å². The Morgan fingerprint density at radius 3 is 1.22 bits per heavy atom. The van der Waals surface area contributed by atoms with E-state index in [-0.39, 0.29) is 0 Å². The molecule has 0 spiro atoms. The topological polar surface area (TPSA) is 0 Å². The summed E-state index contributed by atoms with van der Waals surface area (Å²) in [6, 6.07) is 0. The van der Waals surface area contributed by atoms with Gasteiger partial charge in [0.2, 0.25) is 0 Å². The zero-order valence-corrected chi connectivity index (χ0v) is 9.01. The molecule has 1 heteroatoms. The summed E-state index contributed by atoms with van der Waals surface area (Å²) in [7, 11) is 0. The Kier molecular flexibility index (Phi) is 2.74. The first-order valence-corrected chi connectivity index (χ1v) is 9.50. The van der Waals surface area contributed by atoms with Crippen LogP contribution in [0.2, 0.25) is 11.5 Å². The van der Waals surface area contributed by atoms with Crippen molar-refractivity contribution < 1.29 is 0 Å². The van der Waals surface area contributed by atoms with Gasteiger partial charge in [0.1, 0.15) is 0 Å². The van der Waals surface area contributed by atoms with Crippen LogP contribution < -0.4 is 0 Å². The molecule has 0 N–H and O–H groups in total. The van der Waals surface area contributed by atoms with Crippen LogP contribution in [0.15, 0.2) is 22.0 Å². The van der Waals surface area contributed by atoms with Crippen molar-refractivity contribution in [3.8, 4) is 0 Å². The van der Waals surface area contributed by atoms with Crippen LogP contribution in [-0.4, -0.2) is 13.3 Å². The molecule has 0 fully saturated rings. The molecule has 0 saturated heterocycles. The number of allylic oxidation sites excluding steroid dienone is 2. The third-order valence-corrected chi connectivity index (χ3v) is 11.1. The fourth-order valence-electron chi connectivity index (χ4n) is 0.364. The third kappa shape index (κ3) is 2.01. The summed E-state index contributed by atoms with van der Waals surface area (Å²) in [6.07, 6.45) is 0. The van der Waals surface area contributed by atoms with Gasteiger partial charge in [0.05, 0.1) is 0 Å². The maximum absolute atomic E-state index is 3.97. The Labute approximate surface area is 61.0 Å². The van der Waals surface area contributed by atoms with Gasteiger partial charge in [-0.15, -0.1) is 0 Å². The predicted octanol–water partition coefficient (Wildman–Crippen LogP) is 2.93. The van der Waals surface area contributed by atoms with Crippen molar-refractivity contribution in [2.24, 2.45) is 0 Å². The van der Waals surface area contributed by atoms with E-state index in [0.717, 1.165) is 0 Å². The molecule has 0 radical (unpaired) electrons. The summed E-state index contributed by atoms with van der Waals surface area (Å²) >= 11 is -1.72. The van der Waals surface area contributed by atoms with Gasteiger partial charge in [-0.1, -0.05) is 0 Å². The summed E-state index contributed by atoms with van der Waals surface area (Å²) in [5.41, 5.74) is 0. The van der Waals surface area contributed by atoms with Crippen LogP contribution in [0, 0.1) is 0 Å². The van der Waals surface area contributed by atoms with Crippen molar-refractivity contribution in [3.05, 3.63) is 22.0 Å². The van der Waals surface area contributed by atoms with Crippen LogP contribution in [0.5, 0.6) is 0 Å². The molecular formula is C8H16Ge. The third-order valence-electron chi connectivity index (χ3n) is 2.13. The molecule has 0 rings (SSSR count). The molecule has 0 amide bonds. The molecule has 0 nitrogen and oxygen atoms in total. The van der Waals surface area contributed by atoms with E-state index in [0.29, 0.717) is 0 Å². The first-order valence-electron chi connectivity index (χ1n) is 3.21. The van der Waals surface area contributed by atoms with E-state index in [2.05, 4.69) is 38.5 Å². The molecule has 0 heterocycles. The Morgan fingerprint density at radius 1 is 1.00 bits per heavy atom. The van der Waals surface area contributed by atoms with Gasteiger partial charge < -0.3 is 0 Å². The van der Waals surface area contributed by atoms with Crippen molar-refractivity contribution in [2.75, 3.05) is 0 Å². The van der Waals surface area contributed by atoms with Gasteiger partial charge >= 0.3 is 60.6 Å². The molecule has 0 aromatic rings. The van der Waals surface area contributed by atoms with Crippen LogP contribution >= 0.6 is 0 Å². The van der Waals surface area contributed by atoms with Crippen molar-refractivity contribution in [1.29, 1.82) is 0 Å². The molecule has 0 aromatic carbocycles. The minimum absolute atomic E-state index is 1.36. The Balaban J connectivity index is 4.38. The van der Waals surface area contributed by atoms with E-state index in [1.807, 2.05) is 0 Å². The Morgan fingerprint density at radius 2 is 1.22 bits per heavy atom. The molecule has 0 aliphatic carbocycles. The van der Waals surface area contributed by atoms with Gasteiger partial charge in [-0.05, 0) is 0 Å². The van der Waals surface area contributed by atoms with Crippen LogP contribution in [0.3, 0.4) is 0 Å². The number of hydrogen-bond donors (Lipinski definition) is 0. The molecule has 0 saturated carbocycles. The van der Waals surface area contributed by atoms with Gasteiger partial charge in [-0.25, -0.2) is 0 Å². The average Bonchev–Trinajstić information content (AvgIpc) is 1.65. The van der Waals surface area contributed by atoms with Gasteiger partial charge in [0.25, 0.3) is 0 Å². The average molecular weight is 185 g/mol. The molecule has 0 aromatic heterocycles. The molecule has 0 unspecified atom stereocenters. The van der Waals surface area contributed by atoms with E-state index >= 15 is 0 Å². The summed E-state index contributed by atoms with van der Waals surface area (Å²) in [5.74, 6) is 4.65. The van der Waals surface area contributed by atoms with E-state index in [1.54, 1.807) is 0 Å². The van der Waals surface area contributed by atoms with Crippen LogP contribution in [0.25, 0.3) is 0 Å². The monoisotopic (exact) mass is 186 g/mol. The quantitative estimate of drug-likeness (QED) is 0.580. The Bertz CT molecular complexity index is 127. The van der Waals surface area contributed by atoms with E-state index in [9.17, 15) is 0 Å². The molecule has 52 valence electrons. The fraction of sp³-hybridized carbons (Fsp3) is 0.500. The van der Waals surface area contributed by atoms with Crippen LogP contribution in [0.1, 0.15) is 13.8 Å². The van der Waals surface area contributed by atoms with Gasteiger partial charge in [-0.3, -0.25) is 0 Å². The first kappa shape index (κ1) is 9.02. The summed E-state index contributed by atoms with van der Waals surface area (Å²) in [6.45, 7) is 12.2. The summed E-state index contributed by atoms with van der Waals surface area (Å²) < 4.78 is 2.73. The van der Waals surface area contributed by atoms with Crippen molar-refractivity contribution in [1.82, 2.24) is 0 Å². The van der Waals surface area contributed by atoms with Gasteiger partial charge in [0, 0.05) is 0 Å². The van der Waals surface area contributed by atoms with Gasteiger partial charge in [0.15, 0.2) is 0 Å². The second-order valence-electron chi connectivity index (χ2n) is 3.19. The van der Waals surface area contributed by atoms with Gasteiger partial charge in [-0.2, -0.15) is 0 Å². The number of hydrogen-bond acceptors (Lipinski definition) is 0. The summed E-state index contributed by atoms with van der Waals surface area (Å²) in [4.78, 5) is 0. The molecule has 0 aliphatic rings. The normalized spacial score (nSPS) is 11.1. The standard InChI is InChI=1S/C8H16Ge/c1-7(2)9(5,6)8(3)4/h1,3H2,2,4-6H3. The Hall–Kier alpha value is 0.0229. The fourth-order valence-corrected chi connectivity index (χ4v) is 1.89. The SMILES string of the molecule is C=[C](C)[Ge]([CH3])([CH3])[C](=C)C. The maximum atomic E-state index is 3.97. The summed E-state index contributed by atoms with van der Waals surface area (Å²) in [5, 5.41) is 0. The van der Waals surface area contributed by atoms with Crippen molar-refractivity contribution in [3.63, 3.8) is 0 Å². The molecule has 9 heavy (non-hydrogen) atoms. The zero-order valence-electron chi connectivity index (χ0n) is 6.91. The zero-order chi connectivity index (χ0) is 7.65. The van der Waals surface area contributed by atoms with Crippen molar-refractivity contribution >= 4 is 13.3 Å². The predicted molar refractivity (Wildman–Crippen MR) is 47.1 cm³/mol. The first-order chi connectivity index (χ1) is 3.89. The second kappa shape index (κ2) is 2.74. The van der Waals surface area contributed by atoms with Crippen molar-refractivity contribution in [2.45, 2.75) is 25.4 Å². The molecular weight excluding hydrogens is 169 g/mol. The van der Waals surface area contributed by atoms with E-state index in [4.69, 9.17) is 0 Å². The minimum atomic E-state index is -1.72. The molecule has 0 bridgehead atoms. The molecule has 0 atom stereocenters. The van der Waals surface area contributed by atoms with Crippen LogP contribution in [-0.2, 0) is 0 Å². The molecule has 0 aliphatic heterocycles.